The first kappa shape index (κ1) is 14.9. The van der Waals surface area contributed by atoms with Gasteiger partial charge in [-0.1, -0.05) is 0 Å². The minimum Gasteiger partial charge on any atom is -0.497 e. The molecule has 0 fully saturated rings. The molecule has 0 bridgehead atoms. The lowest BCUT2D eigenvalue weighted by atomic mass is 9.99. The minimum absolute atomic E-state index is 0.309. The van der Waals surface area contributed by atoms with Crippen LogP contribution < -0.4 is 5.32 Å². The second-order valence-electron chi connectivity index (χ2n) is 4.51. The lowest BCUT2D eigenvalue weighted by Gasteiger charge is -2.27. The largest absolute Gasteiger partial charge is 0.497 e. The number of carbonyl (C=O) groups is 3. The van der Waals surface area contributed by atoms with Crippen molar-refractivity contribution < 1.29 is 23.7 Å². The van der Waals surface area contributed by atoms with Crippen LogP contribution in [-0.4, -0.2) is 66.6 Å². The van der Waals surface area contributed by atoms with Crippen LogP contribution in [0.2, 0.25) is 0 Å². The molecule has 0 radical (unpaired) electrons. The molecule has 2 aliphatic heterocycles. The Morgan fingerprint density at radius 3 is 2.86 bits per heavy atom. The van der Waals surface area contributed by atoms with E-state index >= 15 is 0 Å². The highest BCUT2D eigenvalue weighted by Gasteiger charge is 2.49. The van der Waals surface area contributed by atoms with Gasteiger partial charge in [-0.25, -0.2) is 4.79 Å². The van der Waals surface area contributed by atoms with E-state index in [9.17, 15) is 14.4 Å². The Hall–Kier alpha value is -2.51. The van der Waals surface area contributed by atoms with Crippen LogP contribution in [0.25, 0.3) is 0 Å². The number of likely N-dealkylation sites (N-methyl/N-ethyl adjacent to an activating group) is 1. The number of aliphatic imine (C=N–C) groups is 1. The van der Waals surface area contributed by atoms with E-state index in [1.807, 2.05) is 0 Å². The average molecular weight is 293 g/mol. The summed E-state index contributed by atoms with van der Waals surface area (Å²) in [6.07, 6.45) is 3.08. The van der Waals surface area contributed by atoms with E-state index in [1.165, 1.54) is 24.9 Å². The number of hydrogen-bond acceptors (Lipinski definition) is 5. The molecule has 1 unspecified atom stereocenters. The summed E-state index contributed by atoms with van der Waals surface area (Å²) in [5.41, 5.74) is 0. The monoisotopic (exact) mass is 293 g/mol. The van der Waals surface area contributed by atoms with E-state index in [4.69, 9.17) is 4.74 Å². The zero-order valence-electron chi connectivity index (χ0n) is 12.1. The molecule has 8 nitrogen and oxygen atoms in total. The first-order valence-electron chi connectivity index (χ1n) is 6.54. The van der Waals surface area contributed by atoms with Crippen LogP contribution in [0.3, 0.4) is 0 Å². The molecule has 8 heteroatoms. The zero-order chi connectivity index (χ0) is 15.6. The molecule has 112 valence electrons. The van der Waals surface area contributed by atoms with E-state index in [1.54, 1.807) is 13.0 Å². The molecule has 1 atom stereocenters. The molecule has 2 heterocycles. The SMILES string of the molecule is CCOC1=CC=NC2=[N+](C)C(=O)N(CC(=O)NC)C(=O)C12. The van der Waals surface area contributed by atoms with Crippen molar-refractivity contribution in [1.82, 2.24) is 10.2 Å². The highest BCUT2D eigenvalue weighted by Crippen LogP contribution is 2.24. The number of nitrogens with zero attached hydrogens (tertiary/aromatic N) is 3. The highest BCUT2D eigenvalue weighted by atomic mass is 16.5. The Bertz CT molecular complexity index is 591. The average Bonchev–Trinajstić information content (AvgIpc) is 2.49. The number of urea groups is 1. The van der Waals surface area contributed by atoms with Gasteiger partial charge in [-0.3, -0.25) is 9.59 Å². The smallest absolute Gasteiger partial charge is 0.446 e. The molecule has 2 rings (SSSR count). The van der Waals surface area contributed by atoms with Crippen molar-refractivity contribution in [2.45, 2.75) is 6.92 Å². The number of allylic oxidation sites excluding steroid dienone is 1. The Kier molecular flexibility index (Phi) is 4.15. The predicted octanol–water partition coefficient (Wildman–Crippen LogP) is -0.644. The summed E-state index contributed by atoms with van der Waals surface area (Å²) in [5, 5.41) is 2.39. The highest BCUT2D eigenvalue weighted by molar-refractivity contribution is 6.16. The number of amides is 4. The third-order valence-electron chi connectivity index (χ3n) is 3.25. The van der Waals surface area contributed by atoms with E-state index in [2.05, 4.69) is 10.3 Å². The number of nitrogens with one attached hydrogen (secondary N) is 1. The van der Waals surface area contributed by atoms with Gasteiger partial charge in [-0.05, 0) is 6.92 Å². The maximum atomic E-state index is 12.5. The molecule has 0 saturated heterocycles. The Morgan fingerprint density at radius 1 is 1.52 bits per heavy atom. The molecule has 0 aromatic heterocycles. The number of ether oxygens (including phenoxy) is 1. The van der Waals surface area contributed by atoms with Crippen molar-refractivity contribution >= 4 is 29.9 Å². The molecule has 0 spiro atoms. The van der Waals surface area contributed by atoms with Gasteiger partial charge in [0, 0.05) is 13.1 Å². The third kappa shape index (κ3) is 2.56. The molecule has 21 heavy (non-hydrogen) atoms. The molecule has 0 saturated carbocycles. The van der Waals surface area contributed by atoms with E-state index in [0.29, 0.717) is 18.2 Å². The maximum Gasteiger partial charge on any atom is 0.446 e. The molecule has 0 aliphatic carbocycles. The number of amidine groups is 1. The molecular formula is C13H17N4O4+. The van der Waals surface area contributed by atoms with Crippen molar-refractivity contribution in [1.29, 1.82) is 0 Å². The fourth-order valence-corrected chi connectivity index (χ4v) is 2.19. The first-order valence-corrected chi connectivity index (χ1v) is 6.54. The van der Waals surface area contributed by atoms with Gasteiger partial charge in [0.2, 0.25) is 0 Å². The first-order chi connectivity index (χ1) is 10.0. The van der Waals surface area contributed by atoms with Crippen LogP contribution in [0.5, 0.6) is 0 Å². The van der Waals surface area contributed by atoms with Gasteiger partial charge in [0.05, 0.1) is 13.7 Å². The predicted molar refractivity (Wildman–Crippen MR) is 74.1 cm³/mol. The molecule has 4 amide bonds. The summed E-state index contributed by atoms with van der Waals surface area (Å²) >= 11 is 0. The Morgan fingerprint density at radius 2 is 2.24 bits per heavy atom. The number of dihydropyridines is 1. The lowest BCUT2D eigenvalue weighted by molar-refractivity contribution is -0.408. The quantitative estimate of drug-likeness (QED) is 0.698. The summed E-state index contributed by atoms with van der Waals surface area (Å²) in [7, 11) is 2.96. The van der Waals surface area contributed by atoms with Gasteiger partial charge in [0.15, 0.2) is 12.5 Å². The Balaban J connectivity index is 2.41. The summed E-state index contributed by atoms with van der Waals surface area (Å²) in [4.78, 5) is 41.2. The topological polar surface area (TPSA) is 91.1 Å². The molecule has 0 aromatic carbocycles. The zero-order valence-corrected chi connectivity index (χ0v) is 12.1. The standard InChI is InChI=1S/C13H16N4O4/c1-4-21-8-5-6-15-11-10(8)12(19)17(7-9(18)14-2)13(20)16(11)3/h5-6,10H,4,7H2,1-3H3/p+1. The van der Waals surface area contributed by atoms with Gasteiger partial charge in [0.1, 0.15) is 12.0 Å². The summed E-state index contributed by atoms with van der Waals surface area (Å²) in [6, 6.07) is -0.579. The fraction of sp³-hybridized carbons (Fsp3) is 0.462. The van der Waals surface area contributed by atoms with Crippen LogP contribution in [0.15, 0.2) is 16.8 Å². The molecule has 2 aliphatic rings. The summed E-state index contributed by atoms with van der Waals surface area (Å²) < 4.78 is 6.71. The van der Waals surface area contributed by atoms with Crippen LogP contribution >= 0.6 is 0 Å². The molecular weight excluding hydrogens is 276 g/mol. The third-order valence-corrected chi connectivity index (χ3v) is 3.25. The number of hydrogen-bond donors (Lipinski definition) is 1. The van der Waals surface area contributed by atoms with E-state index in [0.717, 1.165) is 4.90 Å². The number of carbonyl (C=O) groups excluding carboxylic acids is 3. The summed E-state index contributed by atoms with van der Waals surface area (Å²) in [6.45, 7) is 1.87. The Labute approximate surface area is 121 Å². The van der Waals surface area contributed by atoms with E-state index in [-0.39, 0.29) is 6.54 Å². The van der Waals surface area contributed by atoms with Crippen molar-refractivity contribution in [2.75, 3.05) is 27.2 Å². The van der Waals surface area contributed by atoms with Crippen LogP contribution in [0.4, 0.5) is 4.79 Å². The van der Waals surface area contributed by atoms with Gasteiger partial charge in [-0.2, -0.15) is 9.48 Å². The molecule has 0 aromatic rings. The van der Waals surface area contributed by atoms with Crippen molar-refractivity contribution in [3.8, 4) is 0 Å². The van der Waals surface area contributed by atoms with Gasteiger partial charge in [0.25, 0.3) is 11.7 Å². The van der Waals surface area contributed by atoms with Gasteiger partial charge in [-0.15, -0.1) is 4.99 Å². The van der Waals surface area contributed by atoms with Crippen molar-refractivity contribution in [3.63, 3.8) is 0 Å². The fourth-order valence-electron chi connectivity index (χ4n) is 2.19. The molecule has 1 N–H and O–H groups in total. The minimum atomic E-state index is -0.790. The van der Waals surface area contributed by atoms with Gasteiger partial charge < -0.3 is 10.1 Å². The van der Waals surface area contributed by atoms with Crippen LogP contribution in [-0.2, 0) is 14.3 Å². The normalized spacial score (nSPS) is 21.2. The van der Waals surface area contributed by atoms with Crippen LogP contribution in [0, 0.1) is 5.92 Å². The lowest BCUT2D eigenvalue weighted by Crippen LogP contribution is -2.56. The van der Waals surface area contributed by atoms with Crippen molar-refractivity contribution in [3.05, 3.63) is 11.8 Å². The number of imide groups is 1. The van der Waals surface area contributed by atoms with Gasteiger partial charge >= 0.3 is 11.9 Å². The maximum absolute atomic E-state index is 12.5. The van der Waals surface area contributed by atoms with Crippen LogP contribution in [0.1, 0.15) is 6.92 Å². The second-order valence-corrected chi connectivity index (χ2v) is 4.51. The summed E-state index contributed by atoms with van der Waals surface area (Å²) in [5.74, 6) is -0.983. The number of fused-ring (bicyclic) bond motifs is 1. The van der Waals surface area contributed by atoms with E-state index < -0.39 is 23.8 Å². The second kappa shape index (κ2) is 5.86. The van der Waals surface area contributed by atoms with Crippen molar-refractivity contribution in [2.24, 2.45) is 10.9 Å². The number of rotatable bonds is 4.